The highest BCUT2D eigenvalue weighted by molar-refractivity contribution is 5.02. The van der Waals surface area contributed by atoms with Crippen molar-refractivity contribution >= 4 is 0 Å². The van der Waals surface area contributed by atoms with Crippen LogP contribution in [0.2, 0.25) is 0 Å². The first kappa shape index (κ1) is 13.1. The molecule has 0 amide bonds. The molecule has 0 spiro atoms. The van der Waals surface area contributed by atoms with Gasteiger partial charge < -0.3 is 9.47 Å². The van der Waals surface area contributed by atoms with Gasteiger partial charge in [-0.3, -0.25) is 0 Å². The molecule has 2 aliphatic heterocycles. The Morgan fingerprint density at radius 2 is 2.24 bits per heavy atom. The Balaban J connectivity index is 2.07. The van der Waals surface area contributed by atoms with Gasteiger partial charge in [-0.2, -0.15) is 0 Å². The largest absolute Gasteiger partial charge is 0.378 e. The standard InChI is InChI=1S/C15H26O2/c1-4-7-15-9-6-8-14(3,17-15)11-13(12-15)16-10-5-2/h4,13H,1,5-12H2,2-3H3/t13-,14-,15+/m0/s1. The van der Waals surface area contributed by atoms with E-state index in [2.05, 4.69) is 20.4 Å². The fraction of sp³-hybridized carbons (Fsp3) is 0.867. The lowest BCUT2D eigenvalue weighted by Gasteiger charge is -2.53. The molecule has 17 heavy (non-hydrogen) atoms. The van der Waals surface area contributed by atoms with E-state index in [1.54, 1.807) is 0 Å². The summed E-state index contributed by atoms with van der Waals surface area (Å²) in [6.07, 6.45) is 10.2. The van der Waals surface area contributed by atoms with E-state index < -0.39 is 0 Å². The second-order valence-corrected chi connectivity index (χ2v) is 5.98. The van der Waals surface area contributed by atoms with Crippen LogP contribution in [-0.4, -0.2) is 23.9 Å². The first-order chi connectivity index (χ1) is 8.11. The highest BCUT2D eigenvalue weighted by Gasteiger charge is 2.49. The molecular formula is C15H26O2. The van der Waals surface area contributed by atoms with Gasteiger partial charge in [0, 0.05) is 19.4 Å². The van der Waals surface area contributed by atoms with Gasteiger partial charge in [-0.15, -0.1) is 6.58 Å². The monoisotopic (exact) mass is 238 g/mol. The molecule has 0 aromatic carbocycles. The van der Waals surface area contributed by atoms with Crippen LogP contribution in [0.5, 0.6) is 0 Å². The fourth-order valence-corrected chi connectivity index (χ4v) is 3.56. The highest BCUT2D eigenvalue weighted by atomic mass is 16.5. The van der Waals surface area contributed by atoms with Gasteiger partial charge in [-0.25, -0.2) is 0 Å². The summed E-state index contributed by atoms with van der Waals surface area (Å²) in [5, 5.41) is 0. The molecule has 0 aromatic rings. The van der Waals surface area contributed by atoms with Crippen LogP contribution in [0.3, 0.4) is 0 Å². The van der Waals surface area contributed by atoms with Gasteiger partial charge in [0.15, 0.2) is 0 Å². The van der Waals surface area contributed by atoms with Crippen molar-refractivity contribution < 1.29 is 9.47 Å². The van der Waals surface area contributed by atoms with Crippen molar-refractivity contribution in [1.82, 2.24) is 0 Å². The highest BCUT2D eigenvalue weighted by Crippen LogP contribution is 2.48. The SMILES string of the molecule is C=CC[C@@]12CCC[C@@](C)(C[C@H](OCCC)C1)O2. The van der Waals surface area contributed by atoms with Gasteiger partial charge in [-0.1, -0.05) is 13.0 Å². The summed E-state index contributed by atoms with van der Waals surface area (Å²) in [7, 11) is 0. The molecule has 98 valence electrons. The van der Waals surface area contributed by atoms with Gasteiger partial charge in [0.2, 0.25) is 0 Å². The molecule has 2 bridgehead atoms. The van der Waals surface area contributed by atoms with E-state index in [4.69, 9.17) is 9.47 Å². The zero-order chi connectivity index (χ0) is 12.4. The normalized spacial score (nSPS) is 41.2. The van der Waals surface area contributed by atoms with Crippen molar-refractivity contribution in [1.29, 1.82) is 0 Å². The minimum atomic E-state index is 0.0193. The van der Waals surface area contributed by atoms with Crippen LogP contribution >= 0.6 is 0 Å². The molecule has 2 rings (SSSR count). The summed E-state index contributed by atoms with van der Waals surface area (Å²) in [6.45, 7) is 9.19. The van der Waals surface area contributed by atoms with E-state index in [0.29, 0.717) is 6.10 Å². The van der Waals surface area contributed by atoms with E-state index in [-0.39, 0.29) is 11.2 Å². The maximum absolute atomic E-state index is 6.40. The van der Waals surface area contributed by atoms with Crippen LogP contribution < -0.4 is 0 Å². The van der Waals surface area contributed by atoms with Crippen molar-refractivity contribution in [3.05, 3.63) is 12.7 Å². The predicted octanol–water partition coefficient (Wildman–Crippen LogP) is 3.85. The number of fused-ring (bicyclic) bond motifs is 2. The summed E-state index contributed by atoms with van der Waals surface area (Å²) >= 11 is 0. The average Bonchev–Trinajstić information content (AvgIpc) is 2.24. The Bertz CT molecular complexity index is 276. The van der Waals surface area contributed by atoms with Gasteiger partial charge in [-0.05, 0) is 39.0 Å². The predicted molar refractivity (Wildman–Crippen MR) is 70.2 cm³/mol. The summed E-state index contributed by atoms with van der Waals surface area (Å²) in [4.78, 5) is 0. The Labute approximate surface area is 105 Å². The molecule has 2 saturated heterocycles. The van der Waals surface area contributed by atoms with E-state index in [1.807, 2.05) is 6.08 Å². The summed E-state index contributed by atoms with van der Waals surface area (Å²) in [6, 6.07) is 0. The summed E-state index contributed by atoms with van der Waals surface area (Å²) in [5.74, 6) is 0. The van der Waals surface area contributed by atoms with Crippen LogP contribution in [0.25, 0.3) is 0 Å². The smallest absolute Gasteiger partial charge is 0.0748 e. The fourth-order valence-electron chi connectivity index (χ4n) is 3.56. The maximum atomic E-state index is 6.40. The molecular weight excluding hydrogens is 212 g/mol. The molecule has 0 radical (unpaired) electrons. The molecule has 0 saturated carbocycles. The number of hydrogen-bond donors (Lipinski definition) is 0. The quantitative estimate of drug-likeness (QED) is 0.677. The molecule has 2 aliphatic rings. The van der Waals surface area contributed by atoms with E-state index >= 15 is 0 Å². The van der Waals surface area contributed by atoms with E-state index in [1.165, 1.54) is 19.3 Å². The summed E-state index contributed by atoms with van der Waals surface area (Å²) in [5.41, 5.74) is 0.0589. The topological polar surface area (TPSA) is 18.5 Å². The zero-order valence-electron chi connectivity index (χ0n) is 11.3. The molecule has 2 fully saturated rings. The second kappa shape index (κ2) is 5.11. The first-order valence-electron chi connectivity index (χ1n) is 7.04. The molecule has 0 unspecified atom stereocenters. The minimum absolute atomic E-state index is 0.0193. The van der Waals surface area contributed by atoms with Crippen molar-refractivity contribution in [2.45, 2.75) is 76.1 Å². The summed E-state index contributed by atoms with van der Waals surface area (Å²) < 4.78 is 12.4. The minimum Gasteiger partial charge on any atom is -0.378 e. The van der Waals surface area contributed by atoms with E-state index in [9.17, 15) is 0 Å². The van der Waals surface area contributed by atoms with Crippen LogP contribution in [0, 0.1) is 0 Å². The third-order valence-corrected chi connectivity index (χ3v) is 4.13. The Morgan fingerprint density at radius 1 is 1.41 bits per heavy atom. The molecule has 3 atom stereocenters. The third-order valence-electron chi connectivity index (χ3n) is 4.13. The lowest BCUT2D eigenvalue weighted by atomic mass is 9.73. The third kappa shape index (κ3) is 2.92. The maximum Gasteiger partial charge on any atom is 0.0748 e. The molecule has 2 nitrogen and oxygen atoms in total. The molecule has 0 N–H and O–H groups in total. The average molecular weight is 238 g/mol. The van der Waals surface area contributed by atoms with Gasteiger partial charge in [0.25, 0.3) is 0 Å². The number of rotatable bonds is 5. The Morgan fingerprint density at radius 3 is 2.94 bits per heavy atom. The van der Waals surface area contributed by atoms with Crippen molar-refractivity contribution in [2.24, 2.45) is 0 Å². The van der Waals surface area contributed by atoms with Gasteiger partial charge in [0.05, 0.1) is 17.3 Å². The lowest BCUT2D eigenvalue weighted by Crippen LogP contribution is -2.55. The van der Waals surface area contributed by atoms with Crippen LogP contribution in [0.1, 0.15) is 58.8 Å². The Hall–Kier alpha value is -0.340. The van der Waals surface area contributed by atoms with Crippen molar-refractivity contribution in [3.63, 3.8) is 0 Å². The van der Waals surface area contributed by atoms with Gasteiger partial charge >= 0.3 is 0 Å². The number of hydrogen-bond acceptors (Lipinski definition) is 2. The lowest BCUT2D eigenvalue weighted by molar-refractivity contribution is -0.242. The molecule has 0 aromatic heterocycles. The van der Waals surface area contributed by atoms with Crippen molar-refractivity contribution in [3.8, 4) is 0 Å². The van der Waals surface area contributed by atoms with Crippen LogP contribution in [0.4, 0.5) is 0 Å². The number of ether oxygens (including phenoxy) is 2. The van der Waals surface area contributed by atoms with Crippen LogP contribution in [-0.2, 0) is 9.47 Å². The van der Waals surface area contributed by atoms with Crippen molar-refractivity contribution in [2.75, 3.05) is 6.61 Å². The molecule has 0 aliphatic carbocycles. The second-order valence-electron chi connectivity index (χ2n) is 5.98. The van der Waals surface area contributed by atoms with Gasteiger partial charge in [0.1, 0.15) is 0 Å². The molecule has 2 heteroatoms. The van der Waals surface area contributed by atoms with Crippen LogP contribution in [0.15, 0.2) is 12.7 Å². The first-order valence-corrected chi connectivity index (χ1v) is 7.04. The van der Waals surface area contributed by atoms with E-state index in [0.717, 1.165) is 32.3 Å². The molecule has 2 heterocycles. The Kier molecular flexibility index (Phi) is 3.94. The zero-order valence-corrected chi connectivity index (χ0v) is 11.3.